The number of carbonyl (C=O) groups excluding carboxylic acids is 2. The fourth-order valence-electron chi connectivity index (χ4n) is 8.10. The van der Waals surface area contributed by atoms with E-state index in [2.05, 4.69) is 0 Å². The SMILES string of the molecule is CC[C@H]1OC(=O)[C@H](C)[C@@H](O[C@H]2C[C@@](C)(OC)[C@@H](O)[C@H](C)O2)[C@H](C)[C@@H](O[C@@H]2O[C@H](C)CC(=O)[C@H]2O)[C@](C)(O)C[C@@H](C)CN(C)[C@H](C)[C@@H](O)[C@]1(C)O. The highest BCUT2D eigenvalue weighted by Gasteiger charge is 2.52. The number of likely N-dealkylation sites (N-methyl/N-ethyl adjacent to an activating group) is 1. The maximum Gasteiger partial charge on any atom is 0.311 e. The monoisotopic (exact) mass is 719 g/mol. The summed E-state index contributed by atoms with van der Waals surface area (Å²) in [5, 5.41) is 57.1. The van der Waals surface area contributed by atoms with Crippen molar-refractivity contribution in [3.8, 4) is 0 Å². The predicted octanol–water partition coefficient (Wildman–Crippen LogP) is 1.54. The number of hydrogen-bond acceptors (Lipinski definition) is 14. The van der Waals surface area contributed by atoms with Crippen molar-refractivity contribution in [2.24, 2.45) is 17.8 Å². The van der Waals surface area contributed by atoms with Crippen molar-refractivity contribution in [3.05, 3.63) is 0 Å². The van der Waals surface area contributed by atoms with E-state index < -0.39 is 108 Å². The minimum Gasteiger partial charge on any atom is -0.459 e. The summed E-state index contributed by atoms with van der Waals surface area (Å²) in [7, 11) is 3.28. The van der Waals surface area contributed by atoms with Crippen LogP contribution in [0.5, 0.6) is 0 Å². The van der Waals surface area contributed by atoms with Gasteiger partial charge >= 0.3 is 5.97 Å². The van der Waals surface area contributed by atoms with Crippen molar-refractivity contribution >= 4 is 11.8 Å². The molecule has 14 heteroatoms. The van der Waals surface area contributed by atoms with E-state index in [0.717, 1.165) is 0 Å². The van der Waals surface area contributed by atoms with E-state index in [1.807, 2.05) is 11.8 Å². The second kappa shape index (κ2) is 16.8. The molecule has 0 amide bonds. The van der Waals surface area contributed by atoms with Crippen molar-refractivity contribution in [1.29, 1.82) is 0 Å². The molecule has 0 aromatic heterocycles. The van der Waals surface area contributed by atoms with Crippen LogP contribution in [0.15, 0.2) is 0 Å². The van der Waals surface area contributed by atoms with Crippen LogP contribution in [0.25, 0.3) is 0 Å². The molecule has 17 atom stereocenters. The lowest BCUT2D eigenvalue weighted by Crippen LogP contribution is -2.59. The summed E-state index contributed by atoms with van der Waals surface area (Å²) in [4.78, 5) is 28.6. The van der Waals surface area contributed by atoms with Gasteiger partial charge in [-0.3, -0.25) is 9.59 Å². The highest BCUT2D eigenvalue weighted by atomic mass is 16.7. The molecule has 0 spiro atoms. The van der Waals surface area contributed by atoms with E-state index in [-0.39, 0.29) is 31.6 Å². The van der Waals surface area contributed by atoms with E-state index in [1.165, 1.54) is 14.0 Å². The molecule has 0 aromatic carbocycles. The van der Waals surface area contributed by atoms with Crippen LogP contribution in [0.4, 0.5) is 0 Å². The van der Waals surface area contributed by atoms with Crippen LogP contribution in [-0.4, -0.2) is 147 Å². The van der Waals surface area contributed by atoms with Crippen LogP contribution in [-0.2, 0) is 38.0 Å². The molecule has 5 N–H and O–H groups in total. The second-order valence-electron chi connectivity index (χ2n) is 16.0. The normalized spacial score (nSPS) is 49.5. The number of ether oxygens (including phenoxy) is 6. The molecule has 0 bridgehead atoms. The molecule has 3 heterocycles. The van der Waals surface area contributed by atoms with Gasteiger partial charge in [0.05, 0.1) is 41.5 Å². The largest absolute Gasteiger partial charge is 0.459 e. The summed E-state index contributed by atoms with van der Waals surface area (Å²) in [5.41, 5.74) is -4.52. The van der Waals surface area contributed by atoms with Gasteiger partial charge in [0.1, 0.15) is 23.9 Å². The molecule has 3 rings (SSSR count). The standard InChI is InChI=1S/C36H65NO13/c1-13-25-36(10,44)29(40)22(6)37(11)17-18(2)15-34(8,43)31(50-33-27(39)24(38)14-19(3)46-33)20(4)28(21(5)32(42)48-25)49-26-16-35(9,45-12)30(41)23(7)47-26/h18-23,25-31,33,39-41,43-44H,13-17H2,1-12H3/t18-,19-,20+,21-,22-,23+,25-,26+,27-,28+,29-,30+,31-,33+,34-,35-,36-/m1/s1. The Morgan fingerprint density at radius 3 is 2.12 bits per heavy atom. The first-order valence-electron chi connectivity index (χ1n) is 18.1. The predicted molar refractivity (Wildman–Crippen MR) is 182 cm³/mol. The van der Waals surface area contributed by atoms with Gasteiger partial charge in [-0.25, -0.2) is 0 Å². The number of esters is 1. The van der Waals surface area contributed by atoms with Gasteiger partial charge in [-0.05, 0) is 74.3 Å². The summed E-state index contributed by atoms with van der Waals surface area (Å²) in [6, 6.07) is -0.566. The Balaban J connectivity index is 2.16. The summed E-state index contributed by atoms with van der Waals surface area (Å²) in [6.07, 6.45) is -10.4. The fraction of sp³-hybridized carbons (Fsp3) is 0.944. The molecule has 292 valence electrons. The Labute approximate surface area is 297 Å². The number of nitrogens with zero attached hydrogens (tertiary/aromatic N) is 1. The maximum atomic E-state index is 14.1. The van der Waals surface area contributed by atoms with E-state index >= 15 is 0 Å². The van der Waals surface area contributed by atoms with E-state index in [9.17, 15) is 35.1 Å². The van der Waals surface area contributed by atoms with Gasteiger partial charge in [0.2, 0.25) is 0 Å². The van der Waals surface area contributed by atoms with Gasteiger partial charge in [-0.1, -0.05) is 20.8 Å². The molecule has 3 aliphatic rings. The number of hydrogen-bond donors (Lipinski definition) is 5. The molecule has 0 saturated carbocycles. The summed E-state index contributed by atoms with van der Waals surface area (Å²) in [6.45, 7) is 17.3. The Morgan fingerprint density at radius 2 is 1.54 bits per heavy atom. The fourth-order valence-corrected chi connectivity index (χ4v) is 8.10. The zero-order chi connectivity index (χ0) is 38.1. The van der Waals surface area contributed by atoms with Crippen LogP contribution in [0.1, 0.15) is 94.9 Å². The molecule has 3 saturated heterocycles. The minimum absolute atomic E-state index is 0.00332. The van der Waals surface area contributed by atoms with Gasteiger partial charge in [0.15, 0.2) is 24.5 Å². The van der Waals surface area contributed by atoms with Crippen LogP contribution in [0, 0.1) is 17.8 Å². The minimum atomic E-state index is -1.82. The first-order chi connectivity index (χ1) is 23.0. The van der Waals surface area contributed by atoms with Gasteiger partial charge in [0.25, 0.3) is 0 Å². The zero-order valence-electron chi connectivity index (χ0n) is 32.1. The first-order valence-corrected chi connectivity index (χ1v) is 18.1. The number of ketones is 1. The summed E-state index contributed by atoms with van der Waals surface area (Å²) in [5.74, 6) is -3.28. The summed E-state index contributed by atoms with van der Waals surface area (Å²) >= 11 is 0. The van der Waals surface area contributed by atoms with E-state index in [0.29, 0.717) is 6.54 Å². The number of aliphatic hydroxyl groups excluding tert-OH is 3. The summed E-state index contributed by atoms with van der Waals surface area (Å²) < 4.78 is 36.6. The Morgan fingerprint density at radius 1 is 0.920 bits per heavy atom. The molecule has 3 aliphatic heterocycles. The van der Waals surface area contributed by atoms with E-state index in [4.69, 9.17) is 28.4 Å². The average Bonchev–Trinajstić information content (AvgIpc) is 3.03. The van der Waals surface area contributed by atoms with Crippen LogP contribution < -0.4 is 0 Å². The third-order valence-electron chi connectivity index (χ3n) is 11.4. The molecule has 14 nitrogen and oxygen atoms in total. The maximum absolute atomic E-state index is 14.1. The van der Waals surface area contributed by atoms with Crippen LogP contribution >= 0.6 is 0 Å². The number of carbonyl (C=O) groups is 2. The zero-order valence-corrected chi connectivity index (χ0v) is 32.1. The molecule has 0 aliphatic carbocycles. The quantitative estimate of drug-likeness (QED) is 0.248. The van der Waals surface area contributed by atoms with Gasteiger partial charge in [-0.15, -0.1) is 0 Å². The van der Waals surface area contributed by atoms with Gasteiger partial charge in [0, 0.05) is 38.5 Å². The number of cyclic esters (lactones) is 1. The number of methoxy groups -OCH3 is 1. The first kappa shape index (κ1) is 43.1. The lowest BCUT2D eigenvalue weighted by Gasteiger charge is -2.48. The Kier molecular flexibility index (Phi) is 14.5. The van der Waals surface area contributed by atoms with Crippen molar-refractivity contribution in [2.45, 2.75) is 179 Å². The molecular formula is C36H65NO13. The molecule has 0 unspecified atom stereocenters. The lowest BCUT2D eigenvalue weighted by atomic mass is 9.77. The van der Waals surface area contributed by atoms with Crippen molar-refractivity contribution in [2.75, 3.05) is 20.7 Å². The molecule has 0 radical (unpaired) electrons. The molecule has 3 fully saturated rings. The lowest BCUT2D eigenvalue weighted by molar-refractivity contribution is -0.311. The van der Waals surface area contributed by atoms with Crippen molar-refractivity contribution in [1.82, 2.24) is 4.90 Å². The molecule has 0 aromatic rings. The van der Waals surface area contributed by atoms with Gasteiger partial charge < -0.3 is 58.9 Å². The number of Topliss-reactive ketones (excluding diaryl/α,β-unsaturated/α-hetero) is 1. The third-order valence-corrected chi connectivity index (χ3v) is 11.4. The smallest absolute Gasteiger partial charge is 0.311 e. The van der Waals surface area contributed by atoms with Gasteiger partial charge in [-0.2, -0.15) is 0 Å². The molecular weight excluding hydrogens is 654 g/mol. The highest BCUT2D eigenvalue weighted by molar-refractivity contribution is 5.84. The molecule has 50 heavy (non-hydrogen) atoms. The third kappa shape index (κ3) is 9.43. The van der Waals surface area contributed by atoms with Crippen molar-refractivity contribution in [3.63, 3.8) is 0 Å². The van der Waals surface area contributed by atoms with Crippen molar-refractivity contribution < 1.29 is 63.5 Å². The second-order valence-corrected chi connectivity index (χ2v) is 16.0. The Bertz CT molecular complexity index is 1140. The number of rotatable bonds is 6. The van der Waals surface area contributed by atoms with E-state index in [1.54, 1.807) is 62.4 Å². The highest BCUT2D eigenvalue weighted by Crippen LogP contribution is 2.39. The van der Waals surface area contributed by atoms with Crippen LogP contribution in [0.3, 0.4) is 0 Å². The van der Waals surface area contributed by atoms with Crippen LogP contribution in [0.2, 0.25) is 0 Å². The number of aliphatic hydroxyl groups is 5. The average molecular weight is 720 g/mol. The topological polar surface area (TPSA) is 194 Å². The Hall–Kier alpha value is -1.30.